The van der Waals surface area contributed by atoms with Gasteiger partial charge in [-0.1, -0.05) is 24.3 Å². The number of benzene rings is 1. The van der Waals surface area contributed by atoms with Crippen LogP contribution in [0.3, 0.4) is 0 Å². The molecule has 0 saturated heterocycles. The van der Waals surface area contributed by atoms with Gasteiger partial charge in [-0.15, -0.1) is 10.2 Å². The van der Waals surface area contributed by atoms with Crippen molar-refractivity contribution in [3.8, 4) is 11.5 Å². The molecule has 4 aromatic rings. The third kappa shape index (κ3) is 1.66. The van der Waals surface area contributed by atoms with Crippen LogP contribution >= 0.6 is 0 Å². The van der Waals surface area contributed by atoms with Gasteiger partial charge in [0.15, 0.2) is 11.5 Å². The molecule has 0 amide bonds. The SMILES string of the molecule is Cc1ccn2c(-c3ccc4ccccc4n3)nnc2c1. The number of aromatic nitrogens is 4. The average molecular weight is 260 g/mol. The summed E-state index contributed by atoms with van der Waals surface area (Å²) in [6.07, 6.45) is 1.98. The van der Waals surface area contributed by atoms with Gasteiger partial charge < -0.3 is 0 Å². The predicted octanol–water partition coefficient (Wildman–Crippen LogP) is 3.25. The maximum atomic E-state index is 4.67. The van der Waals surface area contributed by atoms with Crippen LogP contribution in [0, 0.1) is 6.92 Å². The van der Waals surface area contributed by atoms with Crippen LogP contribution in [-0.4, -0.2) is 19.6 Å². The number of rotatable bonds is 1. The summed E-state index contributed by atoms with van der Waals surface area (Å²) in [5, 5.41) is 9.60. The number of aryl methyl sites for hydroxylation is 1. The van der Waals surface area contributed by atoms with Gasteiger partial charge in [0.25, 0.3) is 0 Å². The Balaban J connectivity index is 1.96. The van der Waals surface area contributed by atoms with E-state index in [1.807, 2.05) is 53.9 Å². The van der Waals surface area contributed by atoms with Crippen molar-refractivity contribution in [2.24, 2.45) is 0 Å². The molecule has 4 rings (SSSR count). The van der Waals surface area contributed by atoms with Crippen LogP contribution in [0.4, 0.5) is 0 Å². The quantitative estimate of drug-likeness (QED) is 0.527. The van der Waals surface area contributed by atoms with E-state index in [0.717, 1.165) is 28.1 Å². The van der Waals surface area contributed by atoms with E-state index >= 15 is 0 Å². The van der Waals surface area contributed by atoms with Crippen molar-refractivity contribution in [2.75, 3.05) is 0 Å². The maximum Gasteiger partial charge on any atom is 0.187 e. The minimum absolute atomic E-state index is 0.769. The Hall–Kier alpha value is -2.75. The summed E-state index contributed by atoms with van der Waals surface area (Å²) in [6, 6.07) is 16.2. The highest BCUT2D eigenvalue weighted by Gasteiger charge is 2.09. The molecule has 0 aliphatic heterocycles. The fourth-order valence-corrected chi connectivity index (χ4v) is 2.36. The lowest BCUT2D eigenvalue weighted by atomic mass is 10.2. The molecule has 0 aliphatic carbocycles. The Morgan fingerprint density at radius 1 is 0.950 bits per heavy atom. The fourth-order valence-electron chi connectivity index (χ4n) is 2.36. The van der Waals surface area contributed by atoms with Gasteiger partial charge in [0.05, 0.1) is 5.52 Å². The van der Waals surface area contributed by atoms with Crippen LogP contribution in [0.2, 0.25) is 0 Å². The standard InChI is InChI=1S/C16H12N4/c1-11-8-9-20-15(10-11)18-19-16(20)14-7-6-12-4-2-3-5-13(12)17-14/h2-10H,1H3. The van der Waals surface area contributed by atoms with Gasteiger partial charge in [0.2, 0.25) is 0 Å². The molecule has 0 bridgehead atoms. The first-order chi connectivity index (χ1) is 9.81. The Kier molecular flexibility index (Phi) is 2.29. The monoisotopic (exact) mass is 260 g/mol. The van der Waals surface area contributed by atoms with Crippen molar-refractivity contribution in [3.05, 3.63) is 60.3 Å². The van der Waals surface area contributed by atoms with Gasteiger partial charge >= 0.3 is 0 Å². The Labute approximate surface area is 115 Å². The van der Waals surface area contributed by atoms with E-state index in [4.69, 9.17) is 0 Å². The molecule has 4 nitrogen and oxygen atoms in total. The highest BCUT2D eigenvalue weighted by Crippen LogP contribution is 2.20. The first kappa shape index (κ1) is 11.1. The predicted molar refractivity (Wildman–Crippen MR) is 78.5 cm³/mol. The van der Waals surface area contributed by atoms with Crippen molar-refractivity contribution in [1.82, 2.24) is 19.6 Å². The summed E-state index contributed by atoms with van der Waals surface area (Å²) in [7, 11) is 0. The molecule has 0 saturated carbocycles. The minimum atomic E-state index is 0.769. The molecule has 0 atom stereocenters. The van der Waals surface area contributed by atoms with E-state index in [2.05, 4.69) is 27.3 Å². The molecular formula is C16H12N4. The molecule has 0 aliphatic rings. The summed E-state index contributed by atoms with van der Waals surface area (Å²) in [5.41, 5.74) is 3.81. The lowest BCUT2D eigenvalue weighted by Crippen LogP contribution is -1.92. The summed E-state index contributed by atoms with van der Waals surface area (Å²) in [6.45, 7) is 2.04. The second-order valence-electron chi connectivity index (χ2n) is 4.85. The molecule has 0 spiro atoms. The smallest absolute Gasteiger partial charge is 0.187 e. The van der Waals surface area contributed by atoms with Crippen LogP contribution < -0.4 is 0 Å². The highest BCUT2D eigenvalue weighted by atomic mass is 15.2. The lowest BCUT2D eigenvalue weighted by molar-refractivity contribution is 1.10. The van der Waals surface area contributed by atoms with Crippen molar-refractivity contribution >= 4 is 16.6 Å². The topological polar surface area (TPSA) is 43.1 Å². The van der Waals surface area contributed by atoms with E-state index < -0.39 is 0 Å². The van der Waals surface area contributed by atoms with Crippen LogP contribution in [0.5, 0.6) is 0 Å². The molecule has 0 radical (unpaired) electrons. The van der Waals surface area contributed by atoms with Crippen molar-refractivity contribution in [2.45, 2.75) is 6.92 Å². The maximum absolute atomic E-state index is 4.67. The van der Waals surface area contributed by atoms with Crippen LogP contribution in [0.25, 0.3) is 28.1 Å². The number of hydrogen-bond donors (Lipinski definition) is 0. The molecule has 3 aromatic heterocycles. The Bertz CT molecular complexity index is 924. The van der Waals surface area contributed by atoms with Gasteiger partial charge in [-0.3, -0.25) is 4.40 Å². The van der Waals surface area contributed by atoms with E-state index in [0.29, 0.717) is 0 Å². The average Bonchev–Trinajstić information content (AvgIpc) is 2.89. The zero-order valence-electron chi connectivity index (χ0n) is 11.0. The second-order valence-corrected chi connectivity index (χ2v) is 4.85. The van der Waals surface area contributed by atoms with Crippen LogP contribution in [0.15, 0.2) is 54.7 Å². The molecule has 96 valence electrons. The normalized spacial score (nSPS) is 11.2. The molecule has 20 heavy (non-hydrogen) atoms. The third-order valence-electron chi connectivity index (χ3n) is 3.39. The van der Waals surface area contributed by atoms with Crippen LogP contribution in [-0.2, 0) is 0 Å². The third-order valence-corrected chi connectivity index (χ3v) is 3.39. The van der Waals surface area contributed by atoms with Gasteiger partial charge in [0.1, 0.15) is 5.69 Å². The highest BCUT2D eigenvalue weighted by molar-refractivity contribution is 5.80. The molecule has 1 aromatic carbocycles. The van der Waals surface area contributed by atoms with Crippen LogP contribution in [0.1, 0.15) is 5.56 Å². The Morgan fingerprint density at radius 2 is 1.85 bits per heavy atom. The minimum Gasteiger partial charge on any atom is -0.281 e. The van der Waals surface area contributed by atoms with E-state index in [9.17, 15) is 0 Å². The van der Waals surface area contributed by atoms with E-state index in [1.54, 1.807) is 0 Å². The first-order valence-electron chi connectivity index (χ1n) is 6.49. The van der Waals surface area contributed by atoms with Crippen molar-refractivity contribution in [3.63, 3.8) is 0 Å². The molecule has 0 N–H and O–H groups in total. The first-order valence-corrected chi connectivity index (χ1v) is 6.49. The van der Waals surface area contributed by atoms with Crippen molar-refractivity contribution in [1.29, 1.82) is 0 Å². The summed E-state index contributed by atoms with van der Waals surface area (Å²) < 4.78 is 1.96. The number of pyridine rings is 2. The van der Waals surface area contributed by atoms with E-state index in [-0.39, 0.29) is 0 Å². The molecular weight excluding hydrogens is 248 g/mol. The lowest BCUT2D eigenvalue weighted by Gasteiger charge is -2.02. The van der Waals surface area contributed by atoms with Gasteiger partial charge in [-0.2, -0.15) is 0 Å². The number of fused-ring (bicyclic) bond motifs is 2. The number of para-hydroxylation sites is 1. The fraction of sp³-hybridized carbons (Fsp3) is 0.0625. The zero-order valence-corrected chi connectivity index (χ0v) is 11.0. The van der Waals surface area contributed by atoms with Gasteiger partial charge in [0, 0.05) is 11.6 Å². The second kappa shape index (κ2) is 4.13. The number of nitrogens with zero attached hydrogens (tertiary/aromatic N) is 4. The van der Waals surface area contributed by atoms with E-state index in [1.165, 1.54) is 5.56 Å². The molecule has 0 unspecified atom stereocenters. The molecule has 4 heteroatoms. The summed E-state index contributed by atoms with van der Waals surface area (Å²) in [4.78, 5) is 4.67. The summed E-state index contributed by atoms with van der Waals surface area (Å²) in [5.74, 6) is 0.769. The molecule has 3 heterocycles. The zero-order chi connectivity index (χ0) is 13.5. The van der Waals surface area contributed by atoms with Gasteiger partial charge in [-0.25, -0.2) is 4.98 Å². The number of hydrogen-bond acceptors (Lipinski definition) is 3. The van der Waals surface area contributed by atoms with Gasteiger partial charge in [-0.05, 0) is 36.8 Å². The Morgan fingerprint density at radius 3 is 2.80 bits per heavy atom. The largest absolute Gasteiger partial charge is 0.281 e. The summed E-state index contributed by atoms with van der Waals surface area (Å²) >= 11 is 0. The molecule has 0 fully saturated rings. The van der Waals surface area contributed by atoms with Crippen molar-refractivity contribution < 1.29 is 0 Å².